The number of nitrogens with one attached hydrogen (secondary N) is 3. The fraction of sp³-hybridized carbons (Fsp3) is 0.579. The molecule has 1 unspecified atom stereocenters. The molecule has 0 spiro atoms. The summed E-state index contributed by atoms with van der Waals surface area (Å²) in [6.07, 6.45) is 5.61. The minimum atomic E-state index is -0.253. The second-order valence-corrected chi connectivity index (χ2v) is 6.43. The number of urea groups is 1. The number of hydrogen-bond acceptors (Lipinski definition) is 3. The van der Waals surface area contributed by atoms with Crippen molar-refractivity contribution in [1.29, 1.82) is 0 Å². The van der Waals surface area contributed by atoms with E-state index in [1.165, 1.54) is 12.8 Å². The summed E-state index contributed by atoms with van der Waals surface area (Å²) in [4.78, 5) is 23.9. The van der Waals surface area contributed by atoms with Crippen molar-refractivity contribution < 1.29 is 14.3 Å². The molecule has 0 aromatic heterocycles. The van der Waals surface area contributed by atoms with Gasteiger partial charge in [0, 0.05) is 19.0 Å². The normalized spacial score (nSPS) is 15.4. The number of hydrogen-bond donors (Lipinski definition) is 3. The van der Waals surface area contributed by atoms with Crippen LogP contribution in [0, 0.1) is 0 Å². The van der Waals surface area contributed by atoms with Crippen LogP contribution in [0.2, 0.25) is 0 Å². The summed E-state index contributed by atoms with van der Waals surface area (Å²) in [5.74, 6) is 0.797. The molecule has 1 aromatic carbocycles. The summed E-state index contributed by atoms with van der Waals surface area (Å²) in [6.45, 7) is 2.35. The number of ether oxygens (including phenoxy) is 1. The molecule has 0 heterocycles. The molecule has 1 aliphatic rings. The number of methoxy groups -OCH3 is 1. The molecule has 25 heavy (non-hydrogen) atoms. The third-order valence-corrected chi connectivity index (χ3v) is 4.59. The van der Waals surface area contributed by atoms with Gasteiger partial charge in [-0.15, -0.1) is 0 Å². The van der Waals surface area contributed by atoms with Gasteiger partial charge in [-0.05, 0) is 37.0 Å². The number of carbonyl (C=O) groups is 2. The van der Waals surface area contributed by atoms with Crippen molar-refractivity contribution in [3.63, 3.8) is 0 Å². The molecule has 2 rings (SSSR count). The zero-order valence-corrected chi connectivity index (χ0v) is 15.1. The Morgan fingerprint density at radius 1 is 1.20 bits per heavy atom. The van der Waals surface area contributed by atoms with E-state index in [1.54, 1.807) is 7.11 Å². The molecule has 1 aromatic rings. The van der Waals surface area contributed by atoms with Crippen LogP contribution in [0.25, 0.3) is 0 Å². The third kappa shape index (κ3) is 6.29. The first-order valence-electron chi connectivity index (χ1n) is 9.10. The van der Waals surface area contributed by atoms with Gasteiger partial charge in [0.05, 0.1) is 13.2 Å². The highest BCUT2D eigenvalue weighted by Gasteiger charge is 2.17. The van der Waals surface area contributed by atoms with Gasteiger partial charge in [0.2, 0.25) is 5.91 Å². The van der Waals surface area contributed by atoms with Gasteiger partial charge in [-0.2, -0.15) is 0 Å². The van der Waals surface area contributed by atoms with E-state index in [0.717, 1.165) is 30.6 Å². The SMILES string of the molecule is CCC(NC(=O)NCCC(=O)NC1CCCC1)c1ccc(OC)cc1. The van der Waals surface area contributed by atoms with Crippen LogP contribution in [0.5, 0.6) is 5.75 Å². The third-order valence-electron chi connectivity index (χ3n) is 4.59. The molecular formula is C19H29N3O3. The van der Waals surface area contributed by atoms with Crippen LogP contribution < -0.4 is 20.7 Å². The standard InChI is InChI=1S/C19H29N3O3/c1-3-17(14-8-10-16(25-2)11-9-14)22-19(24)20-13-12-18(23)21-15-6-4-5-7-15/h8-11,15,17H,3-7,12-13H2,1-2H3,(H,21,23)(H2,20,22,24). The van der Waals surface area contributed by atoms with Gasteiger partial charge in [-0.3, -0.25) is 4.79 Å². The first-order valence-corrected chi connectivity index (χ1v) is 9.10. The minimum Gasteiger partial charge on any atom is -0.497 e. The van der Waals surface area contributed by atoms with E-state index >= 15 is 0 Å². The van der Waals surface area contributed by atoms with Crippen LogP contribution in [-0.2, 0) is 4.79 Å². The minimum absolute atomic E-state index is 0.00870. The summed E-state index contributed by atoms with van der Waals surface area (Å²) >= 11 is 0. The van der Waals surface area contributed by atoms with Gasteiger partial charge in [0.1, 0.15) is 5.75 Å². The van der Waals surface area contributed by atoms with Crippen molar-refractivity contribution in [1.82, 2.24) is 16.0 Å². The Labute approximate surface area is 149 Å². The highest BCUT2D eigenvalue weighted by molar-refractivity contribution is 5.78. The second kappa shape index (κ2) is 9.91. The summed E-state index contributed by atoms with van der Waals surface area (Å²) in [5.41, 5.74) is 1.03. The lowest BCUT2D eigenvalue weighted by molar-refractivity contribution is -0.121. The molecule has 3 amide bonds. The molecule has 1 fully saturated rings. The maximum Gasteiger partial charge on any atom is 0.315 e. The summed E-state index contributed by atoms with van der Waals surface area (Å²) in [5, 5.41) is 8.72. The molecule has 1 aliphatic carbocycles. The van der Waals surface area contributed by atoms with Gasteiger partial charge in [-0.25, -0.2) is 4.79 Å². The van der Waals surface area contributed by atoms with Gasteiger partial charge in [0.15, 0.2) is 0 Å². The smallest absolute Gasteiger partial charge is 0.315 e. The molecule has 1 atom stereocenters. The molecule has 0 radical (unpaired) electrons. The van der Waals surface area contributed by atoms with E-state index in [2.05, 4.69) is 16.0 Å². The Morgan fingerprint density at radius 3 is 2.48 bits per heavy atom. The maximum absolute atomic E-state index is 12.1. The zero-order chi connectivity index (χ0) is 18.1. The second-order valence-electron chi connectivity index (χ2n) is 6.43. The maximum atomic E-state index is 12.1. The van der Waals surface area contributed by atoms with E-state index in [-0.39, 0.29) is 18.0 Å². The van der Waals surface area contributed by atoms with Crippen molar-refractivity contribution in [2.45, 2.75) is 57.5 Å². The molecule has 1 saturated carbocycles. The van der Waals surface area contributed by atoms with E-state index in [4.69, 9.17) is 4.74 Å². The molecule has 0 saturated heterocycles. The van der Waals surface area contributed by atoms with Crippen LogP contribution in [-0.4, -0.2) is 31.6 Å². The molecule has 0 aliphatic heterocycles. The predicted molar refractivity (Wildman–Crippen MR) is 97.6 cm³/mol. The van der Waals surface area contributed by atoms with E-state index in [1.807, 2.05) is 31.2 Å². The van der Waals surface area contributed by atoms with Crippen LogP contribution in [0.1, 0.15) is 57.1 Å². The molecule has 6 nitrogen and oxygen atoms in total. The quantitative estimate of drug-likeness (QED) is 0.676. The fourth-order valence-corrected chi connectivity index (χ4v) is 3.13. The molecule has 138 valence electrons. The Hall–Kier alpha value is -2.24. The summed E-state index contributed by atoms with van der Waals surface area (Å²) in [7, 11) is 1.63. The van der Waals surface area contributed by atoms with Crippen molar-refractivity contribution >= 4 is 11.9 Å². The van der Waals surface area contributed by atoms with Crippen LogP contribution >= 0.6 is 0 Å². The highest BCUT2D eigenvalue weighted by Crippen LogP contribution is 2.20. The molecule has 3 N–H and O–H groups in total. The first-order chi connectivity index (χ1) is 12.1. The Balaban J connectivity index is 1.70. The van der Waals surface area contributed by atoms with Crippen LogP contribution in [0.3, 0.4) is 0 Å². The lowest BCUT2D eigenvalue weighted by Gasteiger charge is -2.18. The Bertz CT molecular complexity index is 554. The van der Waals surface area contributed by atoms with Gasteiger partial charge < -0.3 is 20.7 Å². The van der Waals surface area contributed by atoms with Gasteiger partial charge in [0.25, 0.3) is 0 Å². The lowest BCUT2D eigenvalue weighted by Crippen LogP contribution is -2.40. The van der Waals surface area contributed by atoms with Crippen LogP contribution in [0.4, 0.5) is 4.79 Å². The van der Waals surface area contributed by atoms with Crippen molar-refractivity contribution in [3.05, 3.63) is 29.8 Å². The molecular weight excluding hydrogens is 318 g/mol. The van der Waals surface area contributed by atoms with Crippen molar-refractivity contribution in [2.75, 3.05) is 13.7 Å². The van der Waals surface area contributed by atoms with E-state index < -0.39 is 0 Å². The number of rotatable bonds is 8. The van der Waals surface area contributed by atoms with Crippen molar-refractivity contribution in [2.24, 2.45) is 0 Å². The highest BCUT2D eigenvalue weighted by atomic mass is 16.5. The number of amides is 3. The molecule has 6 heteroatoms. The van der Waals surface area contributed by atoms with Gasteiger partial charge in [-0.1, -0.05) is 31.9 Å². The summed E-state index contributed by atoms with van der Waals surface area (Å²) in [6, 6.07) is 7.65. The molecule has 0 bridgehead atoms. The van der Waals surface area contributed by atoms with Crippen LogP contribution in [0.15, 0.2) is 24.3 Å². The summed E-state index contributed by atoms with van der Waals surface area (Å²) < 4.78 is 5.15. The lowest BCUT2D eigenvalue weighted by atomic mass is 10.0. The van der Waals surface area contributed by atoms with Crippen molar-refractivity contribution in [3.8, 4) is 5.75 Å². The Kier molecular flexibility index (Phi) is 7.57. The average molecular weight is 347 g/mol. The number of benzene rings is 1. The fourth-order valence-electron chi connectivity index (χ4n) is 3.13. The van der Waals surface area contributed by atoms with E-state index in [9.17, 15) is 9.59 Å². The topological polar surface area (TPSA) is 79.5 Å². The van der Waals surface area contributed by atoms with Gasteiger partial charge >= 0.3 is 6.03 Å². The number of carbonyl (C=O) groups excluding carboxylic acids is 2. The zero-order valence-electron chi connectivity index (χ0n) is 15.1. The largest absolute Gasteiger partial charge is 0.497 e. The predicted octanol–water partition coefficient (Wildman–Crippen LogP) is 2.89. The van der Waals surface area contributed by atoms with E-state index in [0.29, 0.717) is 19.0 Å². The average Bonchev–Trinajstić information content (AvgIpc) is 3.12. The monoisotopic (exact) mass is 347 g/mol. The Morgan fingerprint density at radius 2 is 1.88 bits per heavy atom. The first kappa shape index (κ1) is 19.1.